The van der Waals surface area contributed by atoms with Gasteiger partial charge in [0.2, 0.25) is 0 Å². The number of aromatic nitrogens is 2. The van der Waals surface area contributed by atoms with Crippen LogP contribution in [0.1, 0.15) is 11.3 Å². The molecule has 0 atom stereocenters. The quantitative estimate of drug-likeness (QED) is 0.849. The molecule has 0 spiro atoms. The van der Waals surface area contributed by atoms with Crippen LogP contribution in [0.4, 0.5) is 8.78 Å². The molecule has 0 saturated carbocycles. The molecule has 0 fully saturated rings. The van der Waals surface area contributed by atoms with Crippen LogP contribution >= 0.6 is 0 Å². The SMILES string of the molecule is Cc1nc(-c2ccc(F)c(F)c2)[nH]c(=O)c1CN. The van der Waals surface area contributed by atoms with Gasteiger partial charge < -0.3 is 10.7 Å². The Balaban J connectivity index is 2.58. The van der Waals surface area contributed by atoms with Crippen molar-refractivity contribution in [3.63, 3.8) is 0 Å². The molecule has 1 aromatic carbocycles. The first-order valence-electron chi connectivity index (χ1n) is 5.28. The Labute approximate surface area is 101 Å². The van der Waals surface area contributed by atoms with Crippen molar-refractivity contribution in [3.8, 4) is 11.4 Å². The molecule has 94 valence electrons. The van der Waals surface area contributed by atoms with Crippen molar-refractivity contribution in [1.29, 1.82) is 0 Å². The lowest BCUT2D eigenvalue weighted by Crippen LogP contribution is -2.20. The third-order valence-electron chi connectivity index (χ3n) is 2.62. The van der Waals surface area contributed by atoms with Gasteiger partial charge in [-0.05, 0) is 25.1 Å². The molecule has 0 amide bonds. The van der Waals surface area contributed by atoms with E-state index in [1.807, 2.05) is 0 Å². The van der Waals surface area contributed by atoms with Gasteiger partial charge in [0.05, 0.1) is 5.56 Å². The Kier molecular flexibility index (Phi) is 3.20. The zero-order valence-electron chi connectivity index (χ0n) is 9.63. The molecule has 6 heteroatoms. The highest BCUT2D eigenvalue weighted by Gasteiger charge is 2.10. The normalized spacial score (nSPS) is 10.7. The second-order valence-corrected chi connectivity index (χ2v) is 3.81. The number of halogens is 2. The molecule has 1 heterocycles. The summed E-state index contributed by atoms with van der Waals surface area (Å²) >= 11 is 0. The van der Waals surface area contributed by atoms with Crippen LogP contribution in [0.3, 0.4) is 0 Å². The Hall–Kier alpha value is -2.08. The fourth-order valence-electron chi connectivity index (χ4n) is 1.63. The van der Waals surface area contributed by atoms with Gasteiger partial charge in [0.1, 0.15) is 5.82 Å². The van der Waals surface area contributed by atoms with Crippen LogP contribution in [0.25, 0.3) is 11.4 Å². The van der Waals surface area contributed by atoms with E-state index in [4.69, 9.17) is 5.73 Å². The van der Waals surface area contributed by atoms with Crippen molar-refractivity contribution < 1.29 is 8.78 Å². The first-order chi connectivity index (χ1) is 8.52. The summed E-state index contributed by atoms with van der Waals surface area (Å²) in [4.78, 5) is 18.3. The predicted molar refractivity (Wildman–Crippen MR) is 62.8 cm³/mol. The Morgan fingerprint density at radius 3 is 2.61 bits per heavy atom. The highest BCUT2D eigenvalue weighted by atomic mass is 19.2. The van der Waals surface area contributed by atoms with E-state index in [2.05, 4.69) is 9.97 Å². The molecule has 0 aliphatic heterocycles. The molecule has 3 N–H and O–H groups in total. The van der Waals surface area contributed by atoms with Gasteiger partial charge in [-0.1, -0.05) is 0 Å². The zero-order chi connectivity index (χ0) is 13.3. The third kappa shape index (κ3) is 2.14. The molecule has 0 bridgehead atoms. The molecule has 0 radical (unpaired) electrons. The molecule has 0 saturated heterocycles. The molecular formula is C12H11F2N3O. The Morgan fingerprint density at radius 1 is 1.33 bits per heavy atom. The van der Waals surface area contributed by atoms with Crippen molar-refractivity contribution in [1.82, 2.24) is 9.97 Å². The summed E-state index contributed by atoms with van der Waals surface area (Å²) in [6.45, 7) is 1.72. The summed E-state index contributed by atoms with van der Waals surface area (Å²) in [7, 11) is 0. The highest BCUT2D eigenvalue weighted by molar-refractivity contribution is 5.55. The Bertz CT molecular complexity index is 652. The minimum atomic E-state index is -0.990. The van der Waals surface area contributed by atoms with Gasteiger partial charge in [0.25, 0.3) is 5.56 Å². The van der Waals surface area contributed by atoms with E-state index < -0.39 is 11.6 Å². The number of nitrogens with one attached hydrogen (secondary N) is 1. The third-order valence-corrected chi connectivity index (χ3v) is 2.62. The van der Waals surface area contributed by atoms with E-state index in [1.165, 1.54) is 6.07 Å². The van der Waals surface area contributed by atoms with Gasteiger partial charge in [-0.2, -0.15) is 0 Å². The molecule has 2 aromatic rings. The molecule has 0 unspecified atom stereocenters. The maximum absolute atomic E-state index is 13.1. The van der Waals surface area contributed by atoms with Gasteiger partial charge in [-0.3, -0.25) is 4.79 Å². The second kappa shape index (κ2) is 4.66. The topological polar surface area (TPSA) is 71.8 Å². The lowest BCUT2D eigenvalue weighted by atomic mass is 10.1. The number of hydrogen-bond acceptors (Lipinski definition) is 3. The summed E-state index contributed by atoms with van der Waals surface area (Å²) in [5.41, 5.74) is 6.20. The van der Waals surface area contributed by atoms with Gasteiger partial charge in [0, 0.05) is 17.8 Å². The monoisotopic (exact) mass is 251 g/mol. The summed E-state index contributed by atoms with van der Waals surface area (Å²) in [6, 6.07) is 3.31. The average molecular weight is 251 g/mol. The predicted octanol–water partition coefficient (Wildman–Crippen LogP) is 1.48. The summed E-state index contributed by atoms with van der Waals surface area (Å²) in [5, 5.41) is 0. The standard InChI is InChI=1S/C12H11F2N3O/c1-6-8(5-15)12(18)17-11(16-6)7-2-3-9(13)10(14)4-7/h2-4H,5,15H2,1H3,(H,16,17,18). The largest absolute Gasteiger partial charge is 0.326 e. The van der Waals surface area contributed by atoms with Gasteiger partial charge in [-0.15, -0.1) is 0 Å². The molecule has 4 nitrogen and oxygen atoms in total. The highest BCUT2D eigenvalue weighted by Crippen LogP contribution is 2.17. The maximum atomic E-state index is 13.1. The van der Waals surface area contributed by atoms with E-state index in [1.54, 1.807) is 6.92 Å². The van der Waals surface area contributed by atoms with E-state index in [0.29, 0.717) is 16.8 Å². The van der Waals surface area contributed by atoms with Crippen LogP contribution in [0.5, 0.6) is 0 Å². The number of aromatic amines is 1. The smallest absolute Gasteiger partial charge is 0.255 e. The lowest BCUT2D eigenvalue weighted by Gasteiger charge is -2.06. The number of rotatable bonds is 2. The zero-order valence-corrected chi connectivity index (χ0v) is 9.63. The van der Waals surface area contributed by atoms with Crippen molar-refractivity contribution >= 4 is 0 Å². The van der Waals surface area contributed by atoms with Gasteiger partial charge in [0.15, 0.2) is 11.6 Å². The first kappa shape index (κ1) is 12.4. The molecule has 18 heavy (non-hydrogen) atoms. The van der Waals surface area contributed by atoms with Crippen LogP contribution in [0, 0.1) is 18.6 Å². The number of benzene rings is 1. The fourth-order valence-corrected chi connectivity index (χ4v) is 1.63. The van der Waals surface area contributed by atoms with Crippen molar-refractivity contribution in [3.05, 3.63) is 51.4 Å². The van der Waals surface area contributed by atoms with Crippen LogP contribution in [0.15, 0.2) is 23.0 Å². The average Bonchev–Trinajstić information content (AvgIpc) is 2.32. The van der Waals surface area contributed by atoms with E-state index >= 15 is 0 Å². The van der Waals surface area contributed by atoms with Crippen LogP contribution in [-0.2, 0) is 6.54 Å². The van der Waals surface area contributed by atoms with Gasteiger partial charge in [-0.25, -0.2) is 13.8 Å². The van der Waals surface area contributed by atoms with Gasteiger partial charge >= 0.3 is 0 Å². The van der Waals surface area contributed by atoms with E-state index in [-0.39, 0.29) is 17.9 Å². The van der Waals surface area contributed by atoms with Crippen LogP contribution in [0.2, 0.25) is 0 Å². The summed E-state index contributed by atoms with van der Waals surface area (Å²) in [5.74, 6) is -1.75. The second-order valence-electron chi connectivity index (χ2n) is 3.81. The number of aryl methyl sites for hydroxylation is 1. The number of nitrogens with two attached hydrogens (primary N) is 1. The van der Waals surface area contributed by atoms with Crippen molar-refractivity contribution in [2.24, 2.45) is 5.73 Å². The number of nitrogens with zero attached hydrogens (tertiary/aromatic N) is 1. The fraction of sp³-hybridized carbons (Fsp3) is 0.167. The van der Waals surface area contributed by atoms with Crippen LogP contribution in [-0.4, -0.2) is 9.97 Å². The molecule has 1 aromatic heterocycles. The number of H-pyrrole nitrogens is 1. The first-order valence-corrected chi connectivity index (χ1v) is 5.28. The number of hydrogen-bond donors (Lipinski definition) is 2. The summed E-state index contributed by atoms with van der Waals surface area (Å²) in [6.07, 6.45) is 0. The molecule has 2 rings (SSSR count). The van der Waals surface area contributed by atoms with Crippen molar-refractivity contribution in [2.75, 3.05) is 0 Å². The lowest BCUT2D eigenvalue weighted by molar-refractivity contribution is 0.509. The van der Waals surface area contributed by atoms with E-state index in [9.17, 15) is 13.6 Å². The molecule has 0 aliphatic rings. The molecular weight excluding hydrogens is 240 g/mol. The van der Waals surface area contributed by atoms with Crippen molar-refractivity contribution in [2.45, 2.75) is 13.5 Å². The minimum absolute atomic E-state index is 0.0756. The Morgan fingerprint density at radius 2 is 2.06 bits per heavy atom. The van der Waals surface area contributed by atoms with E-state index in [0.717, 1.165) is 12.1 Å². The minimum Gasteiger partial charge on any atom is -0.326 e. The maximum Gasteiger partial charge on any atom is 0.255 e. The van der Waals surface area contributed by atoms with Crippen LogP contribution < -0.4 is 11.3 Å². The molecule has 0 aliphatic carbocycles. The summed E-state index contributed by atoms with van der Waals surface area (Å²) < 4.78 is 25.9.